The lowest BCUT2D eigenvalue weighted by Gasteiger charge is -2.43. The van der Waals surface area contributed by atoms with Crippen LogP contribution in [0, 0.1) is 0 Å². The fourth-order valence-corrected chi connectivity index (χ4v) is 3.93. The second-order valence-corrected chi connectivity index (χ2v) is 7.62. The topological polar surface area (TPSA) is 55.9 Å². The Hall–Kier alpha value is -2.86. The molecule has 2 aliphatic heterocycles. The summed E-state index contributed by atoms with van der Waals surface area (Å²) in [5.41, 5.74) is 3.90. The summed E-state index contributed by atoms with van der Waals surface area (Å²) in [7, 11) is 4.03. The molecule has 2 amide bonds. The Balaban J connectivity index is 1.52. The number of carbonyl (C=O) groups excluding carboxylic acids is 2. The monoisotopic (exact) mass is 378 g/mol. The van der Waals surface area contributed by atoms with Crippen LogP contribution in [0.25, 0.3) is 11.1 Å². The summed E-state index contributed by atoms with van der Waals surface area (Å²) in [6.45, 7) is 3.40. The van der Waals surface area contributed by atoms with Gasteiger partial charge in [-0.2, -0.15) is 0 Å². The van der Waals surface area contributed by atoms with Gasteiger partial charge in [0.1, 0.15) is 6.04 Å². The summed E-state index contributed by atoms with van der Waals surface area (Å²) >= 11 is 0. The van der Waals surface area contributed by atoms with Gasteiger partial charge in [-0.15, -0.1) is 0 Å². The molecule has 146 valence electrons. The van der Waals surface area contributed by atoms with Crippen molar-refractivity contribution in [2.24, 2.45) is 0 Å². The molecule has 0 bridgehead atoms. The number of piperazine rings is 2. The largest absolute Gasteiger partial charge is 0.378 e. The smallest absolute Gasteiger partial charge is 0.253 e. The van der Waals surface area contributed by atoms with E-state index in [9.17, 15) is 9.59 Å². The number of benzene rings is 2. The Kier molecular flexibility index (Phi) is 5.05. The van der Waals surface area contributed by atoms with E-state index in [4.69, 9.17) is 0 Å². The molecule has 6 heteroatoms. The summed E-state index contributed by atoms with van der Waals surface area (Å²) in [4.78, 5) is 31.3. The molecule has 2 aliphatic rings. The first-order chi connectivity index (χ1) is 13.5. The summed E-state index contributed by atoms with van der Waals surface area (Å²) in [5, 5.41) is 2.90. The van der Waals surface area contributed by atoms with Crippen LogP contribution in [0.4, 0.5) is 5.69 Å². The van der Waals surface area contributed by atoms with E-state index in [1.54, 1.807) is 4.90 Å². The second kappa shape index (κ2) is 7.64. The first-order valence-corrected chi connectivity index (χ1v) is 9.72. The highest BCUT2D eigenvalue weighted by Gasteiger charge is 2.36. The molecule has 1 N–H and O–H groups in total. The summed E-state index contributed by atoms with van der Waals surface area (Å²) < 4.78 is 0. The molecule has 2 aromatic rings. The molecule has 2 saturated heterocycles. The van der Waals surface area contributed by atoms with E-state index in [2.05, 4.69) is 39.4 Å². The van der Waals surface area contributed by atoms with Gasteiger partial charge in [0.05, 0.1) is 0 Å². The van der Waals surface area contributed by atoms with Gasteiger partial charge in [-0.25, -0.2) is 0 Å². The molecule has 0 radical (unpaired) electrons. The van der Waals surface area contributed by atoms with Crippen molar-refractivity contribution in [3.8, 4) is 11.1 Å². The minimum absolute atomic E-state index is 0.00946. The number of hydrogen-bond acceptors (Lipinski definition) is 4. The van der Waals surface area contributed by atoms with Gasteiger partial charge in [0.25, 0.3) is 5.91 Å². The van der Waals surface area contributed by atoms with Crippen LogP contribution in [0.3, 0.4) is 0 Å². The Bertz CT molecular complexity index is 878. The Morgan fingerprint density at radius 3 is 2.57 bits per heavy atom. The van der Waals surface area contributed by atoms with Crippen molar-refractivity contribution in [1.29, 1.82) is 0 Å². The van der Waals surface area contributed by atoms with E-state index in [1.807, 2.05) is 38.4 Å². The van der Waals surface area contributed by atoms with Gasteiger partial charge in [0, 0.05) is 58.1 Å². The maximum Gasteiger partial charge on any atom is 0.253 e. The number of nitrogens with zero attached hydrogens (tertiary/aromatic N) is 3. The molecule has 0 aliphatic carbocycles. The van der Waals surface area contributed by atoms with Crippen LogP contribution in [0.15, 0.2) is 48.5 Å². The number of carbonyl (C=O) groups is 2. The lowest BCUT2D eigenvalue weighted by molar-refractivity contribution is -0.131. The lowest BCUT2D eigenvalue weighted by Crippen LogP contribution is -2.64. The van der Waals surface area contributed by atoms with Gasteiger partial charge in [0.15, 0.2) is 0 Å². The van der Waals surface area contributed by atoms with E-state index < -0.39 is 0 Å². The van der Waals surface area contributed by atoms with Gasteiger partial charge in [0.2, 0.25) is 5.91 Å². The zero-order valence-corrected chi connectivity index (χ0v) is 16.4. The predicted molar refractivity (Wildman–Crippen MR) is 110 cm³/mol. The zero-order valence-electron chi connectivity index (χ0n) is 16.4. The minimum atomic E-state index is -0.229. The first-order valence-electron chi connectivity index (χ1n) is 9.72. The molecular weight excluding hydrogens is 352 g/mol. The predicted octanol–water partition coefficient (Wildman–Crippen LogP) is 1.68. The SMILES string of the molecule is CN(C)c1ccc(-c2cccc(C(=O)N3CCN4CCNC(=O)[C@H]4C3)c2)cc1. The molecule has 2 heterocycles. The minimum Gasteiger partial charge on any atom is -0.378 e. The van der Waals surface area contributed by atoms with Crippen LogP contribution in [0.5, 0.6) is 0 Å². The van der Waals surface area contributed by atoms with Gasteiger partial charge in [-0.1, -0.05) is 24.3 Å². The third-order valence-electron chi connectivity index (χ3n) is 5.61. The Labute approximate surface area is 165 Å². The van der Waals surface area contributed by atoms with E-state index in [-0.39, 0.29) is 17.9 Å². The Morgan fingerprint density at radius 1 is 1.04 bits per heavy atom. The molecule has 1 atom stereocenters. The van der Waals surface area contributed by atoms with E-state index in [0.717, 1.165) is 29.9 Å². The molecule has 0 spiro atoms. The fourth-order valence-electron chi connectivity index (χ4n) is 3.93. The average Bonchev–Trinajstić information content (AvgIpc) is 2.73. The Morgan fingerprint density at radius 2 is 1.82 bits per heavy atom. The molecule has 2 fully saturated rings. The van der Waals surface area contributed by atoms with Crippen LogP contribution in [0.1, 0.15) is 10.4 Å². The van der Waals surface area contributed by atoms with Gasteiger partial charge in [-0.05, 0) is 35.4 Å². The van der Waals surface area contributed by atoms with Crippen molar-refractivity contribution < 1.29 is 9.59 Å². The van der Waals surface area contributed by atoms with Gasteiger partial charge in [-0.3, -0.25) is 14.5 Å². The molecule has 0 unspecified atom stereocenters. The van der Waals surface area contributed by atoms with Crippen molar-refractivity contribution in [3.05, 3.63) is 54.1 Å². The standard InChI is InChI=1S/C22H26N4O2/c1-24(2)19-8-6-16(7-9-19)17-4-3-5-18(14-17)22(28)26-13-12-25-11-10-23-21(27)20(25)15-26/h3-9,14,20H,10-13,15H2,1-2H3,(H,23,27)/t20-/m1/s1. The maximum atomic E-state index is 13.1. The number of rotatable bonds is 3. The second-order valence-electron chi connectivity index (χ2n) is 7.62. The van der Waals surface area contributed by atoms with Gasteiger partial charge >= 0.3 is 0 Å². The summed E-state index contributed by atoms with van der Waals surface area (Å²) in [5.74, 6) is 0.0169. The van der Waals surface area contributed by atoms with Crippen molar-refractivity contribution in [2.45, 2.75) is 6.04 Å². The zero-order chi connectivity index (χ0) is 19.7. The van der Waals surface area contributed by atoms with Crippen LogP contribution in [-0.2, 0) is 4.79 Å². The molecule has 0 aromatic heterocycles. The van der Waals surface area contributed by atoms with Crippen LogP contribution in [0.2, 0.25) is 0 Å². The highest BCUT2D eigenvalue weighted by molar-refractivity contribution is 5.96. The number of fused-ring (bicyclic) bond motifs is 1. The molecule has 2 aromatic carbocycles. The third kappa shape index (κ3) is 3.60. The molecule has 0 saturated carbocycles. The average molecular weight is 378 g/mol. The number of nitrogens with one attached hydrogen (secondary N) is 1. The van der Waals surface area contributed by atoms with E-state index in [1.165, 1.54) is 0 Å². The van der Waals surface area contributed by atoms with Crippen molar-refractivity contribution >= 4 is 17.5 Å². The highest BCUT2D eigenvalue weighted by atomic mass is 16.2. The van der Waals surface area contributed by atoms with Crippen molar-refractivity contribution in [3.63, 3.8) is 0 Å². The van der Waals surface area contributed by atoms with E-state index >= 15 is 0 Å². The number of anilines is 1. The normalized spacial score (nSPS) is 19.7. The number of hydrogen-bond donors (Lipinski definition) is 1. The van der Waals surface area contributed by atoms with Crippen LogP contribution < -0.4 is 10.2 Å². The maximum absolute atomic E-state index is 13.1. The van der Waals surface area contributed by atoms with Crippen LogP contribution in [-0.4, -0.2) is 74.5 Å². The molecule has 6 nitrogen and oxygen atoms in total. The quantitative estimate of drug-likeness (QED) is 0.883. The molecule has 4 rings (SSSR count). The molecule has 28 heavy (non-hydrogen) atoms. The summed E-state index contributed by atoms with van der Waals surface area (Å²) in [6, 6.07) is 15.8. The first kappa shape index (κ1) is 18.5. The van der Waals surface area contributed by atoms with Crippen molar-refractivity contribution in [2.75, 3.05) is 51.7 Å². The fraction of sp³-hybridized carbons (Fsp3) is 0.364. The van der Waals surface area contributed by atoms with Crippen LogP contribution >= 0.6 is 0 Å². The third-order valence-corrected chi connectivity index (χ3v) is 5.61. The number of amides is 2. The lowest BCUT2D eigenvalue weighted by atomic mass is 10.0. The van der Waals surface area contributed by atoms with Gasteiger partial charge < -0.3 is 15.1 Å². The highest BCUT2D eigenvalue weighted by Crippen LogP contribution is 2.24. The summed E-state index contributed by atoms with van der Waals surface area (Å²) in [6.07, 6.45) is 0. The molecular formula is C22H26N4O2. The van der Waals surface area contributed by atoms with Crippen molar-refractivity contribution in [1.82, 2.24) is 15.1 Å². The van der Waals surface area contributed by atoms with E-state index in [0.29, 0.717) is 25.2 Å².